The van der Waals surface area contributed by atoms with Gasteiger partial charge in [-0.25, -0.2) is 4.98 Å². The van der Waals surface area contributed by atoms with E-state index in [0.717, 1.165) is 24.5 Å². The Kier molecular flexibility index (Phi) is 3.74. The van der Waals surface area contributed by atoms with Crippen LogP contribution in [0.25, 0.3) is 0 Å². The summed E-state index contributed by atoms with van der Waals surface area (Å²) >= 11 is 0. The van der Waals surface area contributed by atoms with Crippen LogP contribution < -0.4 is 10.6 Å². The first-order valence-corrected chi connectivity index (χ1v) is 5.91. The maximum atomic E-state index is 9.85. The third kappa shape index (κ3) is 2.33. The molecule has 1 fully saturated rings. The number of hydrogen-bond acceptors (Lipinski definition) is 4. The number of aliphatic hydroxyl groups is 1. The van der Waals surface area contributed by atoms with Gasteiger partial charge < -0.3 is 15.7 Å². The van der Waals surface area contributed by atoms with Crippen molar-refractivity contribution in [3.05, 3.63) is 23.9 Å². The summed E-state index contributed by atoms with van der Waals surface area (Å²) in [7, 11) is 0. The van der Waals surface area contributed by atoms with Crippen LogP contribution in [0.15, 0.2) is 18.3 Å². The van der Waals surface area contributed by atoms with Crippen LogP contribution in [0.2, 0.25) is 0 Å². The van der Waals surface area contributed by atoms with Crippen molar-refractivity contribution >= 4 is 5.82 Å². The first-order valence-electron chi connectivity index (χ1n) is 5.91. The second-order valence-corrected chi connectivity index (χ2v) is 4.22. The second-order valence-electron chi connectivity index (χ2n) is 4.22. The highest BCUT2D eigenvalue weighted by Crippen LogP contribution is 2.25. The Bertz CT molecular complexity index is 337. The van der Waals surface area contributed by atoms with Crippen LogP contribution in [0, 0.1) is 0 Å². The molecule has 0 saturated carbocycles. The van der Waals surface area contributed by atoms with Gasteiger partial charge in [0.15, 0.2) is 0 Å². The lowest BCUT2D eigenvalue weighted by Gasteiger charge is -2.30. The van der Waals surface area contributed by atoms with E-state index in [4.69, 9.17) is 5.73 Å². The Morgan fingerprint density at radius 2 is 2.12 bits per heavy atom. The summed E-state index contributed by atoms with van der Waals surface area (Å²) in [4.78, 5) is 6.63. The van der Waals surface area contributed by atoms with E-state index >= 15 is 0 Å². The zero-order valence-electron chi connectivity index (χ0n) is 9.47. The van der Waals surface area contributed by atoms with Gasteiger partial charge in [0.25, 0.3) is 0 Å². The zero-order chi connectivity index (χ0) is 11.4. The van der Waals surface area contributed by atoms with E-state index in [9.17, 15) is 5.11 Å². The average molecular weight is 221 g/mol. The van der Waals surface area contributed by atoms with Gasteiger partial charge in [-0.2, -0.15) is 0 Å². The summed E-state index contributed by atoms with van der Waals surface area (Å²) in [6, 6.07) is 3.76. The number of anilines is 1. The zero-order valence-corrected chi connectivity index (χ0v) is 9.47. The molecule has 1 aromatic heterocycles. The van der Waals surface area contributed by atoms with Gasteiger partial charge in [-0.3, -0.25) is 0 Å². The molecule has 1 atom stereocenters. The van der Waals surface area contributed by atoms with E-state index in [1.807, 2.05) is 12.1 Å². The van der Waals surface area contributed by atoms with Crippen molar-refractivity contribution in [3.63, 3.8) is 0 Å². The average Bonchev–Trinajstić information content (AvgIpc) is 2.39. The van der Waals surface area contributed by atoms with Gasteiger partial charge in [0.1, 0.15) is 5.82 Å². The first kappa shape index (κ1) is 11.4. The molecule has 0 spiro atoms. The molecule has 3 N–H and O–H groups in total. The lowest BCUT2D eigenvalue weighted by atomic mass is 10.1. The molecule has 2 rings (SSSR count). The molecule has 2 heterocycles. The van der Waals surface area contributed by atoms with Crippen LogP contribution in [0.1, 0.15) is 30.9 Å². The largest absolute Gasteiger partial charge is 0.387 e. The lowest BCUT2D eigenvalue weighted by Crippen LogP contribution is -2.31. The predicted molar refractivity (Wildman–Crippen MR) is 64.3 cm³/mol. The first-order chi connectivity index (χ1) is 7.83. The minimum Gasteiger partial charge on any atom is -0.387 e. The van der Waals surface area contributed by atoms with Crippen LogP contribution in [-0.2, 0) is 0 Å². The Balaban J connectivity index is 2.24. The molecule has 0 aromatic carbocycles. The number of pyridine rings is 1. The summed E-state index contributed by atoms with van der Waals surface area (Å²) < 4.78 is 0. The van der Waals surface area contributed by atoms with Crippen molar-refractivity contribution in [1.29, 1.82) is 0 Å². The molecular formula is C12H19N3O. The minimum absolute atomic E-state index is 0.243. The molecule has 0 radical (unpaired) electrons. The number of aromatic nitrogens is 1. The highest BCUT2D eigenvalue weighted by atomic mass is 16.3. The van der Waals surface area contributed by atoms with Crippen molar-refractivity contribution in [1.82, 2.24) is 4.98 Å². The predicted octanol–water partition coefficient (Wildman–Crippen LogP) is 1.06. The summed E-state index contributed by atoms with van der Waals surface area (Å²) in [5.41, 5.74) is 6.36. The van der Waals surface area contributed by atoms with Gasteiger partial charge in [-0.15, -0.1) is 0 Å². The Morgan fingerprint density at radius 1 is 1.38 bits per heavy atom. The van der Waals surface area contributed by atoms with E-state index in [-0.39, 0.29) is 6.54 Å². The SMILES string of the molecule is NC[C@@H](O)c1cccnc1N1CCCCC1. The number of hydrogen-bond donors (Lipinski definition) is 2. The van der Waals surface area contributed by atoms with Crippen LogP contribution in [0.3, 0.4) is 0 Å². The van der Waals surface area contributed by atoms with Crippen molar-refractivity contribution in [2.45, 2.75) is 25.4 Å². The Morgan fingerprint density at radius 3 is 2.81 bits per heavy atom. The molecule has 4 heteroatoms. The molecule has 1 aromatic rings. The fourth-order valence-corrected chi connectivity index (χ4v) is 2.17. The van der Waals surface area contributed by atoms with Crippen molar-refractivity contribution in [2.75, 3.05) is 24.5 Å². The standard InChI is InChI=1S/C12H19N3O/c13-9-11(16)10-5-4-6-14-12(10)15-7-2-1-3-8-15/h4-6,11,16H,1-3,7-9,13H2/t11-/m1/s1. The molecule has 4 nitrogen and oxygen atoms in total. The molecule has 0 aliphatic carbocycles. The van der Waals surface area contributed by atoms with Crippen LogP contribution in [-0.4, -0.2) is 29.7 Å². The molecule has 1 saturated heterocycles. The van der Waals surface area contributed by atoms with E-state index < -0.39 is 6.10 Å². The van der Waals surface area contributed by atoms with Gasteiger partial charge in [0, 0.05) is 31.4 Å². The van der Waals surface area contributed by atoms with E-state index in [1.54, 1.807) is 6.20 Å². The fraction of sp³-hybridized carbons (Fsp3) is 0.583. The monoisotopic (exact) mass is 221 g/mol. The summed E-state index contributed by atoms with van der Waals surface area (Å²) in [5, 5.41) is 9.85. The van der Waals surface area contributed by atoms with E-state index in [2.05, 4.69) is 9.88 Å². The fourth-order valence-electron chi connectivity index (χ4n) is 2.17. The maximum absolute atomic E-state index is 9.85. The summed E-state index contributed by atoms with van der Waals surface area (Å²) in [5.74, 6) is 0.903. The van der Waals surface area contributed by atoms with Crippen molar-refractivity contribution in [3.8, 4) is 0 Å². The van der Waals surface area contributed by atoms with Gasteiger partial charge in [0.2, 0.25) is 0 Å². The molecule has 0 bridgehead atoms. The van der Waals surface area contributed by atoms with Crippen LogP contribution in [0.5, 0.6) is 0 Å². The second kappa shape index (κ2) is 5.27. The molecule has 0 unspecified atom stereocenters. The third-order valence-corrected chi connectivity index (χ3v) is 3.05. The van der Waals surface area contributed by atoms with E-state index in [1.165, 1.54) is 19.3 Å². The molecule has 1 aliphatic rings. The maximum Gasteiger partial charge on any atom is 0.134 e. The topological polar surface area (TPSA) is 62.4 Å². The van der Waals surface area contributed by atoms with Crippen molar-refractivity contribution < 1.29 is 5.11 Å². The van der Waals surface area contributed by atoms with Crippen LogP contribution in [0.4, 0.5) is 5.82 Å². The number of piperidine rings is 1. The van der Waals surface area contributed by atoms with Crippen LogP contribution >= 0.6 is 0 Å². The third-order valence-electron chi connectivity index (χ3n) is 3.05. The van der Waals surface area contributed by atoms with Crippen molar-refractivity contribution in [2.24, 2.45) is 5.73 Å². The van der Waals surface area contributed by atoms with Gasteiger partial charge in [-0.1, -0.05) is 6.07 Å². The van der Waals surface area contributed by atoms with E-state index in [0.29, 0.717) is 0 Å². The smallest absolute Gasteiger partial charge is 0.134 e. The minimum atomic E-state index is -0.606. The normalized spacial score (nSPS) is 18.5. The Hall–Kier alpha value is -1.13. The van der Waals surface area contributed by atoms with Gasteiger partial charge >= 0.3 is 0 Å². The Labute approximate surface area is 96.1 Å². The molecule has 88 valence electrons. The highest BCUT2D eigenvalue weighted by molar-refractivity contribution is 5.48. The van der Waals surface area contributed by atoms with Gasteiger partial charge in [-0.05, 0) is 25.3 Å². The molecule has 16 heavy (non-hydrogen) atoms. The number of aliphatic hydroxyl groups excluding tert-OH is 1. The molecule has 0 amide bonds. The number of nitrogens with two attached hydrogens (primary N) is 1. The number of rotatable bonds is 3. The molecule has 1 aliphatic heterocycles. The summed E-state index contributed by atoms with van der Waals surface area (Å²) in [6.07, 6.45) is 4.86. The highest BCUT2D eigenvalue weighted by Gasteiger charge is 2.18. The lowest BCUT2D eigenvalue weighted by molar-refractivity contribution is 0.186. The number of nitrogens with zero attached hydrogens (tertiary/aromatic N) is 2. The summed E-state index contributed by atoms with van der Waals surface area (Å²) in [6.45, 7) is 2.30. The quantitative estimate of drug-likeness (QED) is 0.801. The molecular weight excluding hydrogens is 202 g/mol. The van der Waals surface area contributed by atoms with Gasteiger partial charge in [0.05, 0.1) is 6.10 Å².